The van der Waals surface area contributed by atoms with Gasteiger partial charge in [-0.3, -0.25) is 9.69 Å². The number of amides is 1. The highest BCUT2D eigenvalue weighted by Gasteiger charge is 2.30. The Hall–Kier alpha value is -2.24. The van der Waals surface area contributed by atoms with Gasteiger partial charge in [0.15, 0.2) is 0 Å². The van der Waals surface area contributed by atoms with Gasteiger partial charge in [0.2, 0.25) is 5.91 Å². The molecular weight excluding hydrogens is 410 g/mol. The molecule has 2 fully saturated rings. The van der Waals surface area contributed by atoms with Crippen molar-refractivity contribution >= 4 is 23.2 Å². The van der Waals surface area contributed by atoms with Gasteiger partial charge in [-0.1, -0.05) is 35.9 Å². The smallest absolute Gasteiger partial charge is 0.225 e. The van der Waals surface area contributed by atoms with Crippen LogP contribution in [0.3, 0.4) is 0 Å². The lowest BCUT2D eigenvalue weighted by Crippen LogP contribution is -2.51. The molecule has 0 atom stereocenters. The molecule has 0 spiro atoms. The summed E-state index contributed by atoms with van der Waals surface area (Å²) in [7, 11) is 0. The number of halogens is 1. The van der Waals surface area contributed by atoms with E-state index in [0.29, 0.717) is 12.5 Å². The Morgan fingerprint density at radius 1 is 1.00 bits per heavy atom. The highest BCUT2D eigenvalue weighted by Crippen LogP contribution is 2.29. The van der Waals surface area contributed by atoms with Crippen LogP contribution in [0.5, 0.6) is 5.75 Å². The van der Waals surface area contributed by atoms with Crippen LogP contribution < -0.4 is 9.64 Å². The van der Waals surface area contributed by atoms with Crippen LogP contribution in [0.15, 0.2) is 48.5 Å². The van der Waals surface area contributed by atoms with Gasteiger partial charge in [0.25, 0.3) is 0 Å². The summed E-state index contributed by atoms with van der Waals surface area (Å²) in [4.78, 5) is 20.0. The van der Waals surface area contributed by atoms with Crippen molar-refractivity contribution < 1.29 is 9.53 Å². The number of benzene rings is 2. The first-order valence-corrected chi connectivity index (χ1v) is 11.7. The van der Waals surface area contributed by atoms with Gasteiger partial charge in [-0.2, -0.15) is 0 Å². The Labute approximate surface area is 190 Å². The van der Waals surface area contributed by atoms with Gasteiger partial charge in [-0.25, -0.2) is 0 Å². The molecule has 2 heterocycles. The summed E-state index contributed by atoms with van der Waals surface area (Å²) in [6, 6.07) is 16.2. The molecule has 2 aromatic carbocycles. The summed E-state index contributed by atoms with van der Waals surface area (Å²) in [5.74, 6) is 1.41. The van der Waals surface area contributed by atoms with Gasteiger partial charge in [-0.15, -0.1) is 0 Å². The van der Waals surface area contributed by atoms with Gasteiger partial charge in [0, 0.05) is 43.7 Å². The SMILES string of the molecule is CCOc1ccccc1N1CCN(C(=O)C2CCN(Cc3cccc(Cl)c3)CC2)CC1. The number of ether oxygens (including phenoxy) is 1. The van der Waals surface area contributed by atoms with Gasteiger partial charge < -0.3 is 14.5 Å². The second-order valence-corrected chi connectivity index (χ2v) is 8.83. The Bertz CT molecular complexity index is 875. The van der Waals surface area contributed by atoms with Crippen LogP contribution in [0, 0.1) is 5.92 Å². The summed E-state index contributed by atoms with van der Waals surface area (Å²) < 4.78 is 5.78. The van der Waals surface area contributed by atoms with Crippen LogP contribution in [-0.2, 0) is 11.3 Å². The van der Waals surface area contributed by atoms with Crippen molar-refractivity contribution in [2.75, 3.05) is 50.8 Å². The van der Waals surface area contributed by atoms with E-state index in [9.17, 15) is 4.79 Å². The lowest BCUT2D eigenvalue weighted by molar-refractivity contribution is -0.137. The minimum absolute atomic E-state index is 0.151. The van der Waals surface area contributed by atoms with E-state index >= 15 is 0 Å². The van der Waals surface area contributed by atoms with Crippen LogP contribution in [0.1, 0.15) is 25.3 Å². The fourth-order valence-electron chi connectivity index (χ4n) is 4.65. The topological polar surface area (TPSA) is 36.0 Å². The number of nitrogens with zero attached hydrogens (tertiary/aromatic N) is 3. The van der Waals surface area contributed by atoms with Crippen LogP contribution >= 0.6 is 11.6 Å². The number of carbonyl (C=O) groups is 1. The van der Waals surface area contributed by atoms with E-state index in [0.717, 1.165) is 75.1 Å². The molecule has 5 nitrogen and oxygen atoms in total. The van der Waals surface area contributed by atoms with E-state index in [1.165, 1.54) is 5.56 Å². The Kier molecular flexibility index (Phi) is 7.36. The molecule has 1 amide bonds. The third-order valence-electron chi connectivity index (χ3n) is 6.33. The van der Waals surface area contributed by atoms with Crippen LogP contribution in [0.4, 0.5) is 5.69 Å². The molecule has 166 valence electrons. The number of hydrogen-bond donors (Lipinski definition) is 0. The number of anilines is 1. The molecule has 0 aliphatic carbocycles. The standard InChI is InChI=1S/C25H32ClN3O2/c1-2-31-24-9-4-3-8-23(24)28-14-16-29(17-15-28)25(30)21-10-12-27(13-11-21)19-20-6-5-7-22(26)18-20/h3-9,18,21H,2,10-17,19H2,1H3. The van der Waals surface area contributed by atoms with Crippen LogP contribution in [0.2, 0.25) is 5.02 Å². The molecule has 2 aliphatic heterocycles. The number of carbonyl (C=O) groups excluding carboxylic acids is 1. The molecule has 2 aromatic rings. The molecule has 0 saturated carbocycles. The first kappa shape index (κ1) is 22.0. The zero-order valence-corrected chi connectivity index (χ0v) is 19.1. The number of rotatable bonds is 6. The number of hydrogen-bond acceptors (Lipinski definition) is 4. The molecular formula is C25H32ClN3O2. The number of para-hydroxylation sites is 2. The van der Waals surface area contributed by atoms with Crippen molar-refractivity contribution in [3.8, 4) is 5.75 Å². The van der Waals surface area contributed by atoms with E-state index in [1.807, 2.05) is 43.3 Å². The maximum atomic E-state index is 13.1. The normalized spacial score (nSPS) is 18.3. The predicted molar refractivity (Wildman–Crippen MR) is 126 cm³/mol. The molecule has 31 heavy (non-hydrogen) atoms. The molecule has 0 aromatic heterocycles. The predicted octanol–water partition coefficient (Wildman–Crippen LogP) is 4.30. The van der Waals surface area contributed by atoms with Crippen molar-refractivity contribution in [3.63, 3.8) is 0 Å². The van der Waals surface area contributed by atoms with Crippen molar-refractivity contribution in [2.45, 2.75) is 26.3 Å². The maximum absolute atomic E-state index is 13.1. The molecule has 0 bridgehead atoms. The third-order valence-corrected chi connectivity index (χ3v) is 6.56. The highest BCUT2D eigenvalue weighted by atomic mass is 35.5. The van der Waals surface area contributed by atoms with E-state index < -0.39 is 0 Å². The largest absolute Gasteiger partial charge is 0.492 e. The van der Waals surface area contributed by atoms with E-state index in [1.54, 1.807) is 0 Å². The van der Waals surface area contributed by atoms with Crippen LogP contribution in [0.25, 0.3) is 0 Å². The molecule has 4 rings (SSSR count). The highest BCUT2D eigenvalue weighted by molar-refractivity contribution is 6.30. The average molecular weight is 442 g/mol. The number of piperidine rings is 1. The lowest BCUT2D eigenvalue weighted by Gasteiger charge is -2.39. The second-order valence-electron chi connectivity index (χ2n) is 8.39. The quantitative estimate of drug-likeness (QED) is 0.669. The summed E-state index contributed by atoms with van der Waals surface area (Å²) in [5, 5.41) is 0.783. The second kappa shape index (κ2) is 10.4. The number of piperazine rings is 1. The first-order chi connectivity index (χ1) is 15.1. The summed E-state index contributed by atoms with van der Waals surface area (Å²) in [6.07, 6.45) is 1.87. The minimum Gasteiger partial charge on any atom is -0.492 e. The summed E-state index contributed by atoms with van der Waals surface area (Å²) >= 11 is 6.11. The van der Waals surface area contributed by atoms with Gasteiger partial charge in [0.1, 0.15) is 5.75 Å². The fraction of sp³-hybridized carbons (Fsp3) is 0.480. The maximum Gasteiger partial charge on any atom is 0.225 e. The number of likely N-dealkylation sites (tertiary alicyclic amines) is 1. The minimum atomic E-state index is 0.151. The summed E-state index contributed by atoms with van der Waals surface area (Å²) in [6.45, 7) is 8.75. The van der Waals surface area contributed by atoms with E-state index in [4.69, 9.17) is 16.3 Å². The molecule has 0 radical (unpaired) electrons. The zero-order chi connectivity index (χ0) is 21.6. The molecule has 2 saturated heterocycles. The Morgan fingerprint density at radius 2 is 1.74 bits per heavy atom. The molecule has 0 N–H and O–H groups in total. The Morgan fingerprint density at radius 3 is 2.45 bits per heavy atom. The molecule has 2 aliphatic rings. The summed E-state index contributed by atoms with van der Waals surface area (Å²) in [5.41, 5.74) is 2.37. The average Bonchev–Trinajstić information content (AvgIpc) is 2.80. The molecule has 6 heteroatoms. The fourth-order valence-corrected chi connectivity index (χ4v) is 4.87. The van der Waals surface area contributed by atoms with E-state index in [-0.39, 0.29) is 5.92 Å². The van der Waals surface area contributed by atoms with Crippen molar-refractivity contribution in [1.29, 1.82) is 0 Å². The van der Waals surface area contributed by atoms with Crippen molar-refractivity contribution in [2.24, 2.45) is 5.92 Å². The van der Waals surface area contributed by atoms with E-state index in [2.05, 4.69) is 26.8 Å². The third kappa shape index (κ3) is 5.52. The first-order valence-electron chi connectivity index (χ1n) is 11.4. The molecule has 0 unspecified atom stereocenters. The van der Waals surface area contributed by atoms with Gasteiger partial charge in [0.05, 0.1) is 12.3 Å². The van der Waals surface area contributed by atoms with Crippen molar-refractivity contribution in [1.82, 2.24) is 9.80 Å². The van der Waals surface area contributed by atoms with Gasteiger partial charge >= 0.3 is 0 Å². The zero-order valence-electron chi connectivity index (χ0n) is 18.3. The van der Waals surface area contributed by atoms with Crippen molar-refractivity contribution in [3.05, 3.63) is 59.1 Å². The van der Waals surface area contributed by atoms with Crippen LogP contribution in [-0.4, -0.2) is 61.6 Å². The Balaban J connectivity index is 1.26. The monoisotopic (exact) mass is 441 g/mol. The lowest BCUT2D eigenvalue weighted by atomic mass is 9.94. The van der Waals surface area contributed by atoms with Gasteiger partial charge in [-0.05, 0) is 62.7 Å².